The number of rotatable bonds is 7. The number of sulfonamides is 1. The van der Waals surface area contributed by atoms with Crippen molar-refractivity contribution in [1.82, 2.24) is 39.3 Å². The number of hydrogen-bond acceptors (Lipinski definition) is 9. The fourth-order valence-electron chi connectivity index (χ4n) is 4.01. The SMILES string of the molecule is CCOc1ncc(S(=O)(=O)N2CCN(CC)CC2)cc1-c1nc2c(C(=O)NC)n(C)nc2c(=O)[nH]1. The number of aromatic amines is 1. The number of nitrogens with zero attached hydrogens (tertiary/aromatic N) is 6. The Kier molecular flexibility index (Phi) is 6.87. The Bertz CT molecular complexity index is 1420. The highest BCUT2D eigenvalue weighted by molar-refractivity contribution is 7.89. The molecule has 0 radical (unpaired) electrons. The first-order valence-corrected chi connectivity index (χ1v) is 12.7. The van der Waals surface area contributed by atoms with Crippen LogP contribution in [0.2, 0.25) is 0 Å². The number of H-pyrrole nitrogens is 1. The van der Waals surface area contributed by atoms with Gasteiger partial charge >= 0.3 is 0 Å². The molecule has 2 N–H and O–H groups in total. The lowest BCUT2D eigenvalue weighted by molar-refractivity contribution is 0.0955. The molecule has 1 amide bonds. The summed E-state index contributed by atoms with van der Waals surface area (Å²) in [6, 6.07) is 1.39. The van der Waals surface area contributed by atoms with E-state index in [0.29, 0.717) is 26.2 Å². The van der Waals surface area contributed by atoms with Crippen LogP contribution in [0.4, 0.5) is 0 Å². The predicted molar refractivity (Wildman–Crippen MR) is 128 cm³/mol. The number of fused-ring (bicyclic) bond motifs is 1. The summed E-state index contributed by atoms with van der Waals surface area (Å²) in [6.45, 7) is 6.92. The lowest BCUT2D eigenvalue weighted by atomic mass is 10.2. The van der Waals surface area contributed by atoms with Gasteiger partial charge in [0.15, 0.2) is 11.2 Å². The van der Waals surface area contributed by atoms with Crippen molar-refractivity contribution in [3.8, 4) is 17.3 Å². The standard InChI is InChI=1S/C21H28N8O5S/c1-5-28-7-9-29(10-8-28)35(32,33)13-11-14(21(23-12-13)34-6-2)18-24-15-16(19(30)25-18)26-27(4)17(15)20(31)22-3/h11-12H,5-10H2,1-4H3,(H,22,31)(H,24,25,30). The molecular formula is C21H28N8O5S. The van der Waals surface area contributed by atoms with Crippen LogP contribution in [0.1, 0.15) is 24.3 Å². The van der Waals surface area contributed by atoms with Crippen LogP contribution in [0.15, 0.2) is 22.0 Å². The molecule has 188 valence electrons. The Morgan fingerprint density at radius 2 is 1.91 bits per heavy atom. The fourth-order valence-corrected chi connectivity index (χ4v) is 5.40. The molecule has 3 aromatic heterocycles. The van der Waals surface area contributed by atoms with Crippen LogP contribution in [-0.4, -0.2) is 94.6 Å². The summed E-state index contributed by atoms with van der Waals surface area (Å²) in [4.78, 5) is 38.7. The van der Waals surface area contributed by atoms with E-state index in [1.165, 1.54) is 35.3 Å². The Balaban J connectivity index is 1.84. The molecule has 0 spiro atoms. The third kappa shape index (κ3) is 4.51. The third-order valence-electron chi connectivity index (χ3n) is 5.91. The minimum Gasteiger partial charge on any atom is -0.477 e. The van der Waals surface area contributed by atoms with E-state index in [1.807, 2.05) is 6.92 Å². The van der Waals surface area contributed by atoms with E-state index in [9.17, 15) is 18.0 Å². The molecule has 0 bridgehead atoms. The van der Waals surface area contributed by atoms with Gasteiger partial charge in [0.2, 0.25) is 15.9 Å². The van der Waals surface area contributed by atoms with Gasteiger partial charge in [-0.25, -0.2) is 18.4 Å². The van der Waals surface area contributed by atoms with Crippen molar-refractivity contribution >= 4 is 27.0 Å². The molecule has 3 aromatic rings. The lowest BCUT2D eigenvalue weighted by Gasteiger charge is -2.33. The zero-order chi connectivity index (χ0) is 25.3. The summed E-state index contributed by atoms with van der Waals surface area (Å²) < 4.78 is 35.0. The van der Waals surface area contributed by atoms with Crippen LogP contribution in [0, 0.1) is 0 Å². The molecule has 0 aliphatic carbocycles. The number of carbonyl (C=O) groups excluding carboxylic acids is 1. The molecule has 35 heavy (non-hydrogen) atoms. The van der Waals surface area contributed by atoms with E-state index in [4.69, 9.17) is 4.74 Å². The maximum absolute atomic E-state index is 13.4. The summed E-state index contributed by atoms with van der Waals surface area (Å²) in [6.07, 6.45) is 1.24. The number of ether oxygens (including phenoxy) is 1. The molecule has 0 atom stereocenters. The molecular weight excluding hydrogens is 476 g/mol. The molecule has 14 heteroatoms. The highest BCUT2D eigenvalue weighted by atomic mass is 32.2. The first-order chi connectivity index (χ1) is 16.7. The van der Waals surface area contributed by atoms with Crippen LogP contribution in [-0.2, 0) is 17.1 Å². The summed E-state index contributed by atoms with van der Waals surface area (Å²) in [5.74, 6) is -0.343. The number of likely N-dealkylation sites (N-methyl/N-ethyl adjacent to an activating group) is 1. The molecule has 0 saturated carbocycles. The van der Waals surface area contributed by atoms with Crippen LogP contribution in [0.3, 0.4) is 0 Å². The fraction of sp³-hybridized carbons (Fsp3) is 0.476. The molecule has 4 heterocycles. The average molecular weight is 505 g/mol. The van der Waals surface area contributed by atoms with E-state index in [2.05, 4.69) is 30.3 Å². The van der Waals surface area contributed by atoms with Crippen molar-refractivity contribution in [2.45, 2.75) is 18.7 Å². The van der Waals surface area contributed by atoms with Gasteiger partial charge in [-0.15, -0.1) is 0 Å². The van der Waals surface area contributed by atoms with Crippen molar-refractivity contribution in [2.24, 2.45) is 7.05 Å². The van der Waals surface area contributed by atoms with Gasteiger partial charge in [0.25, 0.3) is 11.5 Å². The lowest BCUT2D eigenvalue weighted by Crippen LogP contribution is -2.48. The second-order valence-corrected chi connectivity index (χ2v) is 9.90. The number of pyridine rings is 1. The van der Waals surface area contributed by atoms with Gasteiger partial charge in [-0.1, -0.05) is 6.92 Å². The van der Waals surface area contributed by atoms with Crippen molar-refractivity contribution in [2.75, 3.05) is 46.4 Å². The molecule has 4 rings (SSSR count). The maximum atomic E-state index is 13.4. The second kappa shape index (κ2) is 9.71. The minimum atomic E-state index is -3.84. The van der Waals surface area contributed by atoms with Gasteiger partial charge in [-0.2, -0.15) is 9.40 Å². The number of amides is 1. The van der Waals surface area contributed by atoms with Gasteiger partial charge < -0.3 is 19.9 Å². The number of aromatic nitrogens is 5. The minimum absolute atomic E-state index is 0.0154. The monoisotopic (exact) mass is 504 g/mol. The van der Waals surface area contributed by atoms with E-state index in [-0.39, 0.29) is 45.5 Å². The zero-order valence-electron chi connectivity index (χ0n) is 20.0. The zero-order valence-corrected chi connectivity index (χ0v) is 20.8. The Labute approximate surface area is 202 Å². The maximum Gasteiger partial charge on any atom is 0.279 e. The largest absolute Gasteiger partial charge is 0.477 e. The summed E-state index contributed by atoms with van der Waals surface area (Å²) in [5.41, 5.74) is -0.235. The highest BCUT2D eigenvalue weighted by Crippen LogP contribution is 2.30. The van der Waals surface area contributed by atoms with Gasteiger partial charge in [0.05, 0.1) is 18.4 Å². The predicted octanol–water partition coefficient (Wildman–Crippen LogP) is -0.197. The van der Waals surface area contributed by atoms with Gasteiger partial charge in [0.1, 0.15) is 16.2 Å². The molecule has 0 aromatic carbocycles. The quantitative estimate of drug-likeness (QED) is 0.445. The van der Waals surface area contributed by atoms with E-state index >= 15 is 0 Å². The Morgan fingerprint density at radius 3 is 2.54 bits per heavy atom. The second-order valence-electron chi connectivity index (χ2n) is 7.96. The third-order valence-corrected chi connectivity index (χ3v) is 7.78. The number of piperazine rings is 1. The normalized spacial score (nSPS) is 15.4. The van der Waals surface area contributed by atoms with Crippen LogP contribution in [0.5, 0.6) is 5.88 Å². The van der Waals surface area contributed by atoms with Crippen LogP contribution < -0.4 is 15.6 Å². The first kappa shape index (κ1) is 24.8. The molecule has 1 saturated heterocycles. The number of hydrogen-bond donors (Lipinski definition) is 2. The van der Waals surface area contributed by atoms with Crippen molar-refractivity contribution in [3.05, 3.63) is 28.3 Å². The number of carbonyl (C=O) groups is 1. The molecule has 1 aliphatic rings. The Morgan fingerprint density at radius 1 is 1.20 bits per heavy atom. The van der Waals surface area contributed by atoms with Gasteiger partial charge in [0, 0.05) is 40.3 Å². The Hall–Kier alpha value is -3.36. The summed E-state index contributed by atoms with van der Waals surface area (Å²) >= 11 is 0. The molecule has 1 fully saturated rings. The van der Waals surface area contributed by atoms with Gasteiger partial charge in [-0.05, 0) is 19.5 Å². The highest BCUT2D eigenvalue weighted by Gasteiger charge is 2.30. The van der Waals surface area contributed by atoms with Crippen LogP contribution in [0.25, 0.3) is 22.4 Å². The number of aryl methyl sites for hydroxylation is 1. The average Bonchev–Trinajstić information content (AvgIpc) is 3.20. The molecule has 1 aliphatic heterocycles. The number of nitrogens with one attached hydrogen (secondary N) is 2. The van der Waals surface area contributed by atoms with Crippen molar-refractivity contribution in [3.63, 3.8) is 0 Å². The summed E-state index contributed by atoms with van der Waals surface area (Å²) in [7, 11) is -0.851. The van der Waals surface area contributed by atoms with Gasteiger partial charge in [-0.3, -0.25) is 14.3 Å². The van der Waals surface area contributed by atoms with E-state index in [0.717, 1.165) is 6.54 Å². The smallest absolute Gasteiger partial charge is 0.279 e. The molecule has 0 unspecified atom stereocenters. The summed E-state index contributed by atoms with van der Waals surface area (Å²) in [5, 5.41) is 6.61. The molecule has 13 nitrogen and oxygen atoms in total. The van der Waals surface area contributed by atoms with E-state index in [1.54, 1.807) is 6.92 Å². The topological polar surface area (TPSA) is 155 Å². The first-order valence-electron chi connectivity index (χ1n) is 11.3. The van der Waals surface area contributed by atoms with E-state index < -0.39 is 21.5 Å². The van der Waals surface area contributed by atoms with Crippen LogP contribution >= 0.6 is 0 Å². The van der Waals surface area contributed by atoms with Crippen molar-refractivity contribution in [1.29, 1.82) is 0 Å². The van der Waals surface area contributed by atoms with Crippen molar-refractivity contribution < 1.29 is 17.9 Å².